The minimum absolute atomic E-state index is 0.0606. The fourth-order valence-electron chi connectivity index (χ4n) is 2.35. The van der Waals surface area contributed by atoms with Crippen molar-refractivity contribution in [3.05, 3.63) is 66.5 Å². The number of amides is 1. The van der Waals surface area contributed by atoms with Gasteiger partial charge in [-0.1, -0.05) is 11.8 Å². The molecule has 0 aliphatic carbocycles. The maximum absolute atomic E-state index is 12.4. The Morgan fingerprint density at radius 2 is 1.97 bits per heavy atom. The predicted molar refractivity (Wildman–Crippen MR) is 110 cm³/mol. The first-order chi connectivity index (χ1) is 13.8. The molecule has 1 aromatic carbocycles. The highest BCUT2D eigenvalue weighted by Gasteiger charge is 2.17. The molecule has 0 saturated carbocycles. The van der Waals surface area contributed by atoms with Gasteiger partial charge >= 0.3 is 0 Å². The van der Waals surface area contributed by atoms with Crippen molar-refractivity contribution in [2.45, 2.75) is 35.6 Å². The van der Waals surface area contributed by atoms with E-state index in [9.17, 15) is 13.2 Å². The lowest BCUT2D eigenvalue weighted by molar-refractivity contribution is -0.115. The molecule has 10 heteroatoms. The third-order valence-electron chi connectivity index (χ3n) is 3.89. The average molecular weight is 433 g/mol. The van der Waals surface area contributed by atoms with Gasteiger partial charge in [0.05, 0.1) is 23.0 Å². The Balaban J connectivity index is 1.58. The lowest BCUT2D eigenvalue weighted by Gasteiger charge is -2.12. The summed E-state index contributed by atoms with van der Waals surface area (Å²) in [6.45, 7) is 3.69. The topological polar surface area (TPSA) is 114 Å². The molecule has 1 amide bonds. The molecule has 0 fully saturated rings. The van der Waals surface area contributed by atoms with Crippen LogP contribution in [0.4, 0.5) is 5.69 Å². The Morgan fingerprint density at radius 1 is 1.21 bits per heavy atom. The summed E-state index contributed by atoms with van der Waals surface area (Å²) in [5.41, 5.74) is 1.33. The van der Waals surface area contributed by atoms with Gasteiger partial charge in [-0.2, -0.15) is 0 Å². The first-order valence-corrected chi connectivity index (χ1v) is 11.1. The van der Waals surface area contributed by atoms with Crippen molar-refractivity contribution in [2.24, 2.45) is 0 Å². The maximum Gasteiger partial charge on any atom is 0.240 e. The summed E-state index contributed by atoms with van der Waals surface area (Å²) in [5, 5.41) is 3.10. The zero-order chi connectivity index (χ0) is 20.9. The molecular formula is C19H20N4O4S2. The summed E-state index contributed by atoms with van der Waals surface area (Å²) in [7, 11) is -3.68. The smallest absolute Gasteiger partial charge is 0.240 e. The normalized spacial score (nSPS) is 12.5. The molecule has 2 aromatic heterocycles. The number of carbonyl (C=O) groups excluding carboxylic acids is 1. The number of nitrogens with one attached hydrogen (secondary N) is 2. The van der Waals surface area contributed by atoms with Crippen LogP contribution in [0.25, 0.3) is 0 Å². The second kappa shape index (κ2) is 9.21. The molecule has 0 aliphatic rings. The Bertz CT molecular complexity index is 1070. The van der Waals surface area contributed by atoms with E-state index >= 15 is 0 Å². The van der Waals surface area contributed by atoms with Crippen molar-refractivity contribution in [3.8, 4) is 0 Å². The molecule has 0 aliphatic heterocycles. The standard InChI is InChI=1S/C19H20N4O4S2/c1-13-10-18(21-12-20-13)28-14(2)19(24)23-15-5-7-17(8-6-15)29(25,26)22-11-16-4-3-9-27-16/h3-10,12,14,22H,11H2,1-2H3,(H,23,24). The Kier molecular flexibility index (Phi) is 6.68. The van der Waals surface area contributed by atoms with E-state index in [0.29, 0.717) is 16.5 Å². The molecule has 0 bridgehead atoms. The molecule has 3 rings (SSSR count). The Morgan fingerprint density at radius 3 is 2.62 bits per heavy atom. The van der Waals surface area contributed by atoms with E-state index in [2.05, 4.69) is 20.0 Å². The third-order valence-corrected chi connectivity index (χ3v) is 6.34. The van der Waals surface area contributed by atoms with Gasteiger partial charge < -0.3 is 9.73 Å². The number of nitrogens with zero attached hydrogens (tertiary/aromatic N) is 2. The summed E-state index contributed by atoms with van der Waals surface area (Å²) in [5.74, 6) is 0.306. The minimum atomic E-state index is -3.68. The number of aryl methyl sites for hydroxylation is 1. The van der Waals surface area contributed by atoms with E-state index in [-0.39, 0.29) is 22.6 Å². The van der Waals surface area contributed by atoms with Crippen LogP contribution in [0.1, 0.15) is 18.4 Å². The maximum atomic E-state index is 12.4. The van der Waals surface area contributed by atoms with Crippen LogP contribution in [0.15, 0.2) is 69.4 Å². The van der Waals surface area contributed by atoms with Gasteiger partial charge in [-0.15, -0.1) is 0 Å². The highest BCUT2D eigenvalue weighted by atomic mass is 32.2. The van der Waals surface area contributed by atoms with Crippen LogP contribution in [0.3, 0.4) is 0 Å². The molecule has 2 heterocycles. The second-order valence-electron chi connectivity index (χ2n) is 6.18. The molecule has 0 spiro atoms. The number of aromatic nitrogens is 2. The minimum Gasteiger partial charge on any atom is -0.468 e. The number of thioether (sulfide) groups is 1. The lowest BCUT2D eigenvalue weighted by atomic mass is 10.3. The largest absolute Gasteiger partial charge is 0.468 e. The number of anilines is 1. The molecule has 2 N–H and O–H groups in total. The lowest BCUT2D eigenvalue weighted by Crippen LogP contribution is -2.24. The molecule has 0 saturated heterocycles. The molecule has 29 heavy (non-hydrogen) atoms. The van der Waals surface area contributed by atoms with E-state index in [4.69, 9.17) is 4.42 Å². The first-order valence-electron chi connectivity index (χ1n) is 8.72. The molecule has 1 unspecified atom stereocenters. The Labute approximate surface area is 173 Å². The van der Waals surface area contributed by atoms with E-state index in [1.54, 1.807) is 31.2 Å². The fourth-order valence-corrected chi connectivity index (χ4v) is 4.22. The van der Waals surface area contributed by atoms with Gasteiger partial charge in [0.15, 0.2) is 0 Å². The third kappa shape index (κ3) is 5.89. The highest BCUT2D eigenvalue weighted by Crippen LogP contribution is 2.23. The van der Waals surface area contributed by atoms with Gasteiger partial charge in [0, 0.05) is 11.4 Å². The number of hydrogen-bond acceptors (Lipinski definition) is 7. The summed E-state index contributed by atoms with van der Waals surface area (Å²) < 4.78 is 32.3. The van der Waals surface area contributed by atoms with Gasteiger partial charge in [0.25, 0.3) is 0 Å². The number of benzene rings is 1. The number of sulfonamides is 1. The van der Waals surface area contributed by atoms with Crippen LogP contribution in [0, 0.1) is 6.92 Å². The van der Waals surface area contributed by atoms with Crippen LogP contribution in [0.2, 0.25) is 0 Å². The van der Waals surface area contributed by atoms with E-state index in [1.165, 1.54) is 36.5 Å². The average Bonchev–Trinajstić information content (AvgIpc) is 3.21. The monoisotopic (exact) mass is 432 g/mol. The summed E-state index contributed by atoms with van der Waals surface area (Å²) in [6, 6.07) is 11.1. The van der Waals surface area contributed by atoms with Crippen LogP contribution in [-0.4, -0.2) is 29.5 Å². The van der Waals surface area contributed by atoms with E-state index in [1.807, 2.05) is 13.0 Å². The molecule has 8 nitrogen and oxygen atoms in total. The predicted octanol–water partition coefficient (Wildman–Crippen LogP) is 2.98. The number of rotatable bonds is 8. The van der Waals surface area contributed by atoms with Gasteiger partial charge in [0.1, 0.15) is 17.1 Å². The zero-order valence-corrected chi connectivity index (χ0v) is 17.5. The first kappa shape index (κ1) is 21.0. The summed E-state index contributed by atoms with van der Waals surface area (Å²) in [4.78, 5) is 20.7. The van der Waals surface area contributed by atoms with Gasteiger partial charge in [-0.05, 0) is 56.3 Å². The van der Waals surface area contributed by atoms with Gasteiger partial charge in [0.2, 0.25) is 15.9 Å². The van der Waals surface area contributed by atoms with Crippen LogP contribution < -0.4 is 10.0 Å². The van der Waals surface area contributed by atoms with Crippen molar-refractivity contribution in [2.75, 3.05) is 5.32 Å². The van der Waals surface area contributed by atoms with Crippen molar-refractivity contribution in [1.82, 2.24) is 14.7 Å². The molecule has 0 radical (unpaired) electrons. The van der Waals surface area contributed by atoms with Crippen LogP contribution in [0.5, 0.6) is 0 Å². The van der Waals surface area contributed by atoms with Gasteiger partial charge in [-0.3, -0.25) is 4.79 Å². The quantitative estimate of drug-likeness (QED) is 0.415. The van der Waals surface area contributed by atoms with Crippen molar-refractivity contribution in [3.63, 3.8) is 0 Å². The zero-order valence-electron chi connectivity index (χ0n) is 15.8. The fraction of sp³-hybridized carbons (Fsp3) is 0.211. The molecular weight excluding hydrogens is 412 g/mol. The van der Waals surface area contributed by atoms with Crippen molar-refractivity contribution < 1.29 is 17.6 Å². The number of hydrogen-bond donors (Lipinski definition) is 2. The molecule has 152 valence electrons. The molecule has 1 atom stereocenters. The van der Waals surface area contributed by atoms with Gasteiger partial charge in [-0.25, -0.2) is 23.1 Å². The number of furan rings is 1. The number of carbonyl (C=O) groups is 1. The highest BCUT2D eigenvalue weighted by molar-refractivity contribution is 8.00. The van der Waals surface area contributed by atoms with Crippen molar-refractivity contribution >= 4 is 33.4 Å². The summed E-state index contributed by atoms with van der Waals surface area (Å²) >= 11 is 1.32. The SMILES string of the molecule is Cc1cc(SC(C)C(=O)Nc2ccc(S(=O)(=O)NCc3ccco3)cc2)ncn1. The summed E-state index contributed by atoms with van der Waals surface area (Å²) in [6.07, 6.45) is 2.94. The second-order valence-corrected chi connectivity index (χ2v) is 9.30. The van der Waals surface area contributed by atoms with Crippen LogP contribution >= 0.6 is 11.8 Å². The molecule has 3 aromatic rings. The van der Waals surface area contributed by atoms with Crippen molar-refractivity contribution in [1.29, 1.82) is 0 Å². The van der Waals surface area contributed by atoms with E-state index < -0.39 is 10.0 Å². The van der Waals surface area contributed by atoms with E-state index in [0.717, 1.165) is 5.69 Å². The van der Waals surface area contributed by atoms with Crippen LogP contribution in [-0.2, 0) is 21.4 Å². The Hall–Kier alpha value is -2.69.